The lowest BCUT2D eigenvalue weighted by Gasteiger charge is -2.17. The third kappa shape index (κ3) is 5.86. The maximum Gasteiger partial charge on any atom is 0.251 e. The van der Waals surface area contributed by atoms with E-state index < -0.39 is 0 Å². The van der Waals surface area contributed by atoms with Crippen LogP contribution in [0.15, 0.2) is 82.6 Å². The Hall–Kier alpha value is -3.02. The number of amides is 1. The number of carbonyl (C=O) groups excluding carboxylic acids is 1. The molecule has 0 saturated heterocycles. The molecule has 33 heavy (non-hydrogen) atoms. The Labute approximate surface area is 201 Å². The van der Waals surface area contributed by atoms with Crippen molar-refractivity contribution in [2.75, 3.05) is 32.0 Å². The molecule has 0 spiro atoms. The third-order valence-corrected chi connectivity index (χ3v) is 7.00. The fraction of sp³-hybridized carbons (Fsp3) is 0.250. The molecule has 0 atom stereocenters. The van der Waals surface area contributed by atoms with Crippen molar-refractivity contribution in [1.82, 2.24) is 10.2 Å². The largest absolute Gasteiger partial charge is 0.354 e. The predicted octanol–water partition coefficient (Wildman–Crippen LogP) is 5.84. The zero-order valence-corrected chi connectivity index (χ0v) is 20.3. The van der Waals surface area contributed by atoms with E-state index in [9.17, 15) is 4.79 Å². The number of hydrogen-bond donors (Lipinski definition) is 2. The first-order valence-electron chi connectivity index (χ1n) is 11.4. The second kappa shape index (κ2) is 10.7. The van der Waals surface area contributed by atoms with Gasteiger partial charge in [0.25, 0.3) is 5.91 Å². The van der Waals surface area contributed by atoms with Gasteiger partial charge in [-0.05, 0) is 63.2 Å². The Morgan fingerprint density at radius 1 is 1.03 bits per heavy atom. The van der Waals surface area contributed by atoms with Crippen molar-refractivity contribution in [2.45, 2.75) is 30.1 Å². The van der Waals surface area contributed by atoms with E-state index in [0.29, 0.717) is 12.1 Å². The fourth-order valence-electron chi connectivity index (χ4n) is 3.90. The average Bonchev–Trinajstić information content (AvgIpc) is 2.99. The topological polar surface area (TPSA) is 44.4 Å². The molecule has 1 aliphatic heterocycles. The van der Waals surface area contributed by atoms with Crippen LogP contribution < -0.4 is 10.6 Å². The molecule has 4 nitrogen and oxygen atoms in total. The van der Waals surface area contributed by atoms with E-state index in [1.165, 1.54) is 21.6 Å². The summed E-state index contributed by atoms with van der Waals surface area (Å²) < 4.78 is 0. The van der Waals surface area contributed by atoms with Crippen molar-refractivity contribution >= 4 is 29.1 Å². The highest BCUT2D eigenvalue weighted by Crippen LogP contribution is 2.42. The molecule has 0 fully saturated rings. The molecule has 0 aliphatic carbocycles. The van der Waals surface area contributed by atoms with Crippen LogP contribution >= 0.6 is 11.8 Å². The molecule has 3 aromatic carbocycles. The smallest absolute Gasteiger partial charge is 0.251 e. The van der Waals surface area contributed by atoms with Crippen LogP contribution in [0.25, 0.3) is 5.70 Å². The normalized spacial score (nSPS) is 13.8. The van der Waals surface area contributed by atoms with E-state index in [0.717, 1.165) is 35.8 Å². The van der Waals surface area contributed by atoms with Gasteiger partial charge < -0.3 is 15.5 Å². The number of aryl methyl sites for hydroxylation is 1. The summed E-state index contributed by atoms with van der Waals surface area (Å²) in [7, 11) is 2.09. The van der Waals surface area contributed by atoms with Crippen LogP contribution in [0, 0.1) is 6.92 Å². The van der Waals surface area contributed by atoms with Crippen LogP contribution in [0.2, 0.25) is 0 Å². The van der Waals surface area contributed by atoms with Gasteiger partial charge in [-0.25, -0.2) is 0 Å². The summed E-state index contributed by atoms with van der Waals surface area (Å²) in [6, 6.07) is 22.9. The van der Waals surface area contributed by atoms with Crippen LogP contribution in [0.4, 0.5) is 5.69 Å². The van der Waals surface area contributed by atoms with Gasteiger partial charge in [-0.2, -0.15) is 0 Å². The lowest BCUT2D eigenvalue weighted by molar-refractivity contribution is 0.0950. The van der Waals surface area contributed by atoms with Gasteiger partial charge in [-0.1, -0.05) is 59.8 Å². The average molecular weight is 458 g/mol. The van der Waals surface area contributed by atoms with Gasteiger partial charge in [0.1, 0.15) is 0 Å². The second-order valence-electron chi connectivity index (χ2n) is 8.43. The molecule has 2 N–H and O–H groups in total. The van der Waals surface area contributed by atoms with Crippen LogP contribution in [0.5, 0.6) is 0 Å². The molecule has 1 aliphatic rings. The molecule has 3 aromatic rings. The van der Waals surface area contributed by atoms with Gasteiger partial charge >= 0.3 is 0 Å². The van der Waals surface area contributed by atoms with E-state index in [2.05, 4.69) is 78.0 Å². The maximum absolute atomic E-state index is 12.8. The number of likely N-dealkylation sites (N-methyl/N-ethyl adjacent to an activating group) is 1. The maximum atomic E-state index is 12.8. The van der Waals surface area contributed by atoms with E-state index in [1.54, 1.807) is 11.8 Å². The molecule has 0 unspecified atom stereocenters. The molecule has 170 valence electrons. The number of anilines is 1. The minimum absolute atomic E-state index is 0.0410. The second-order valence-corrected chi connectivity index (χ2v) is 9.52. The minimum Gasteiger partial charge on any atom is -0.354 e. The van der Waals surface area contributed by atoms with Crippen LogP contribution in [0.3, 0.4) is 0 Å². The first kappa shape index (κ1) is 23.1. The van der Waals surface area contributed by atoms with Crippen molar-refractivity contribution in [3.8, 4) is 0 Å². The van der Waals surface area contributed by atoms with Crippen molar-refractivity contribution in [2.24, 2.45) is 0 Å². The van der Waals surface area contributed by atoms with Crippen LogP contribution in [-0.2, 0) is 6.42 Å². The van der Waals surface area contributed by atoms with Gasteiger partial charge in [0.05, 0.1) is 5.69 Å². The molecule has 0 saturated carbocycles. The Bertz CT molecular complexity index is 1160. The summed E-state index contributed by atoms with van der Waals surface area (Å²) in [6.07, 6.45) is 3.10. The number of nitrogens with zero attached hydrogens (tertiary/aromatic N) is 1. The summed E-state index contributed by atoms with van der Waals surface area (Å²) in [5.74, 6) is -0.0410. The van der Waals surface area contributed by atoms with Crippen molar-refractivity contribution < 1.29 is 4.79 Å². The Morgan fingerprint density at radius 3 is 2.61 bits per heavy atom. The highest BCUT2D eigenvalue weighted by molar-refractivity contribution is 7.99. The highest BCUT2D eigenvalue weighted by Gasteiger charge is 2.19. The minimum atomic E-state index is -0.0410. The number of allylic oxidation sites excluding steroid dienone is 1. The molecular weight excluding hydrogens is 426 g/mol. The van der Waals surface area contributed by atoms with Crippen molar-refractivity contribution in [3.05, 3.63) is 95.1 Å². The number of hydrogen-bond acceptors (Lipinski definition) is 4. The van der Waals surface area contributed by atoms with Gasteiger partial charge in [-0.15, -0.1) is 0 Å². The quantitative estimate of drug-likeness (QED) is 0.468. The number of fused-ring (bicyclic) bond motifs is 2. The van der Waals surface area contributed by atoms with Gasteiger partial charge in [0.15, 0.2) is 0 Å². The predicted molar refractivity (Wildman–Crippen MR) is 139 cm³/mol. The Balaban J connectivity index is 1.36. The lowest BCUT2D eigenvalue weighted by Crippen LogP contribution is -2.33. The van der Waals surface area contributed by atoms with E-state index in [4.69, 9.17) is 0 Å². The molecule has 0 aromatic heterocycles. The SMILES string of the molecule is CC=C1Nc2cc(C(=O)NCCN(C)CCc3ccccc3)ccc2Sc2ccc(C)cc21. The highest BCUT2D eigenvalue weighted by atomic mass is 32.2. The van der Waals surface area contributed by atoms with E-state index in [-0.39, 0.29) is 5.91 Å². The van der Waals surface area contributed by atoms with E-state index >= 15 is 0 Å². The summed E-state index contributed by atoms with van der Waals surface area (Å²) >= 11 is 1.74. The van der Waals surface area contributed by atoms with Crippen molar-refractivity contribution in [3.63, 3.8) is 0 Å². The molecular formula is C28H31N3OS. The molecule has 4 rings (SSSR count). The molecule has 5 heteroatoms. The number of rotatable bonds is 7. The zero-order chi connectivity index (χ0) is 23.2. The first-order valence-corrected chi connectivity index (χ1v) is 12.2. The lowest BCUT2D eigenvalue weighted by atomic mass is 10.1. The molecule has 0 radical (unpaired) electrons. The summed E-state index contributed by atoms with van der Waals surface area (Å²) in [6.45, 7) is 6.54. The van der Waals surface area contributed by atoms with Crippen LogP contribution in [0.1, 0.15) is 34.0 Å². The summed E-state index contributed by atoms with van der Waals surface area (Å²) in [4.78, 5) is 17.4. The van der Waals surface area contributed by atoms with E-state index in [1.807, 2.05) is 31.2 Å². The van der Waals surface area contributed by atoms with Gasteiger partial charge in [-0.3, -0.25) is 4.79 Å². The van der Waals surface area contributed by atoms with Gasteiger partial charge in [0.2, 0.25) is 0 Å². The number of nitrogens with one attached hydrogen (secondary N) is 2. The number of benzene rings is 3. The Morgan fingerprint density at radius 2 is 1.82 bits per heavy atom. The first-order chi connectivity index (χ1) is 16.0. The molecule has 1 amide bonds. The zero-order valence-electron chi connectivity index (χ0n) is 19.5. The van der Waals surface area contributed by atoms with Crippen molar-refractivity contribution in [1.29, 1.82) is 0 Å². The molecule has 1 heterocycles. The van der Waals surface area contributed by atoms with Gasteiger partial charge in [0, 0.05) is 46.2 Å². The summed E-state index contributed by atoms with van der Waals surface area (Å²) in [5, 5.41) is 6.62. The number of carbonyl (C=O) groups is 1. The monoisotopic (exact) mass is 457 g/mol. The van der Waals surface area contributed by atoms with Crippen LogP contribution in [-0.4, -0.2) is 37.5 Å². The Kier molecular flexibility index (Phi) is 7.53. The molecule has 0 bridgehead atoms. The third-order valence-electron chi connectivity index (χ3n) is 5.85. The fourth-order valence-corrected chi connectivity index (χ4v) is 4.91. The summed E-state index contributed by atoms with van der Waals surface area (Å²) in [5.41, 5.74) is 6.47. The standard InChI is InChI=1S/C28H31N3OS/c1-4-24-23-18-20(2)10-12-26(23)33-27-13-11-22(19-25(27)30-24)28(32)29-15-17-31(3)16-14-21-8-6-5-7-9-21/h4-13,18-19,30H,14-17H2,1-3H3,(H,29,32).